The van der Waals surface area contributed by atoms with Gasteiger partial charge >= 0.3 is 0 Å². The smallest absolute Gasteiger partial charge is 0.226 e. The lowest BCUT2D eigenvalue weighted by Crippen LogP contribution is -2.37. The Morgan fingerprint density at radius 3 is 3.00 bits per heavy atom. The number of nitrogens with zero attached hydrogens (tertiary/aromatic N) is 2. The quantitative estimate of drug-likeness (QED) is 0.862. The van der Waals surface area contributed by atoms with E-state index in [0.29, 0.717) is 0 Å². The van der Waals surface area contributed by atoms with E-state index in [-0.39, 0.29) is 5.60 Å². The highest BCUT2D eigenvalue weighted by Gasteiger charge is 2.43. The van der Waals surface area contributed by atoms with E-state index in [4.69, 9.17) is 9.26 Å². The van der Waals surface area contributed by atoms with Crippen LogP contribution < -0.4 is 5.32 Å². The molecule has 0 bridgehead atoms. The average Bonchev–Trinajstić information content (AvgIpc) is 2.97. The van der Waals surface area contributed by atoms with Crippen molar-refractivity contribution in [2.45, 2.75) is 44.1 Å². The van der Waals surface area contributed by atoms with Crippen molar-refractivity contribution < 1.29 is 9.26 Å². The minimum atomic E-state index is -0.253. The summed E-state index contributed by atoms with van der Waals surface area (Å²) in [5, 5.41) is 7.48. The maximum Gasteiger partial charge on any atom is 0.226 e. The van der Waals surface area contributed by atoms with Gasteiger partial charge in [-0.1, -0.05) is 5.16 Å². The first-order valence-electron chi connectivity index (χ1n) is 6.91. The van der Waals surface area contributed by atoms with E-state index >= 15 is 0 Å². The van der Waals surface area contributed by atoms with E-state index in [2.05, 4.69) is 15.5 Å². The van der Waals surface area contributed by atoms with E-state index in [1.807, 2.05) is 0 Å². The molecule has 1 saturated carbocycles. The highest BCUT2D eigenvalue weighted by Crippen LogP contribution is 2.42. The van der Waals surface area contributed by atoms with Crippen LogP contribution in [0.1, 0.15) is 43.8 Å². The van der Waals surface area contributed by atoms with E-state index in [9.17, 15) is 0 Å². The first-order valence-corrected chi connectivity index (χ1v) is 6.91. The third-order valence-corrected chi connectivity index (χ3v) is 4.36. The Labute approximate surface area is 107 Å². The molecule has 2 heterocycles. The topological polar surface area (TPSA) is 60.2 Å². The Kier molecular flexibility index (Phi) is 3.35. The van der Waals surface area contributed by atoms with Crippen LogP contribution in [0.4, 0.5) is 0 Å². The minimum Gasteiger partial charge on any atom is -0.370 e. The molecule has 0 aromatic carbocycles. The second kappa shape index (κ2) is 4.97. The Morgan fingerprint density at radius 2 is 2.39 bits per heavy atom. The summed E-state index contributed by atoms with van der Waals surface area (Å²) in [6.07, 6.45) is 6.49. The van der Waals surface area contributed by atoms with Crippen LogP contribution in [-0.4, -0.2) is 30.3 Å². The van der Waals surface area contributed by atoms with Crippen LogP contribution in [0.5, 0.6) is 0 Å². The molecule has 3 rings (SSSR count). The van der Waals surface area contributed by atoms with E-state index in [1.54, 1.807) is 7.11 Å². The summed E-state index contributed by atoms with van der Waals surface area (Å²) in [6.45, 7) is 2.27. The lowest BCUT2D eigenvalue weighted by molar-refractivity contribution is -0.0858. The van der Waals surface area contributed by atoms with Crippen LogP contribution in [0, 0.1) is 5.92 Å². The first-order chi connectivity index (χ1) is 8.82. The van der Waals surface area contributed by atoms with Gasteiger partial charge in [-0.2, -0.15) is 4.98 Å². The molecular formula is C13H21N3O2. The van der Waals surface area contributed by atoms with Crippen molar-refractivity contribution in [2.75, 3.05) is 20.2 Å². The van der Waals surface area contributed by atoms with Crippen molar-refractivity contribution in [3.05, 3.63) is 11.7 Å². The first kappa shape index (κ1) is 12.1. The van der Waals surface area contributed by atoms with E-state index in [1.165, 1.54) is 12.8 Å². The van der Waals surface area contributed by atoms with Gasteiger partial charge in [0.2, 0.25) is 11.7 Å². The van der Waals surface area contributed by atoms with Crippen LogP contribution in [-0.2, 0) is 16.8 Å². The Bertz CT molecular complexity index is 389. The lowest BCUT2D eigenvalue weighted by atomic mass is 9.79. The normalized spacial score (nSPS) is 26.2. The summed E-state index contributed by atoms with van der Waals surface area (Å²) >= 11 is 0. The second-order valence-corrected chi connectivity index (χ2v) is 5.46. The molecule has 1 atom stereocenters. The van der Waals surface area contributed by atoms with Crippen LogP contribution in [0.25, 0.3) is 0 Å². The summed E-state index contributed by atoms with van der Waals surface area (Å²) in [5.74, 6) is 2.27. The molecule has 100 valence electrons. The summed E-state index contributed by atoms with van der Waals surface area (Å²) < 4.78 is 10.9. The van der Waals surface area contributed by atoms with Gasteiger partial charge in [0, 0.05) is 13.5 Å². The summed E-state index contributed by atoms with van der Waals surface area (Å²) in [6, 6.07) is 0. The number of nitrogens with one attached hydrogen (secondary N) is 1. The largest absolute Gasteiger partial charge is 0.370 e. The van der Waals surface area contributed by atoms with Crippen molar-refractivity contribution >= 4 is 0 Å². The van der Waals surface area contributed by atoms with Crippen LogP contribution in [0.3, 0.4) is 0 Å². The molecule has 1 aromatic heterocycles. The Hall–Kier alpha value is -0.940. The second-order valence-electron chi connectivity index (χ2n) is 5.46. The SMILES string of the molecule is COC1(c2noc(CCC3CCNC3)n2)CCC1. The van der Waals surface area contributed by atoms with Gasteiger partial charge in [-0.25, -0.2) is 0 Å². The van der Waals surface area contributed by atoms with E-state index < -0.39 is 0 Å². The summed E-state index contributed by atoms with van der Waals surface area (Å²) in [5.41, 5.74) is -0.253. The molecule has 1 aliphatic carbocycles. The van der Waals surface area contributed by atoms with Gasteiger partial charge in [0.15, 0.2) is 0 Å². The highest BCUT2D eigenvalue weighted by atomic mass is 16.5. The molecule has 5 nitrogen and oxygen atoms in total. The number of ether oxygens (including phenoxy) is 1. The van der Waals surface area contributed by atoms with Crippen LogP contribution in [0.2, 0.25) is 0 Å². The highest BCUT2D eigenvalue weighted by molar-refractivity contribution is 5.06. The molecule has 0 spiro atoms. The molecule has 0 radical (unpaired) electrons. The summed E-state index contributed by atoms with van der Waals surface area (Å²) in [7, 11) is 1.74. The van der Waals surface area contributed by atoms with Crippen molar-refractivity contribution in [1.82, 2.24) is 15.5 Å². The minimum absolute atomic E-state index is 0.253. The average molecular weight is 251 g/mol. The van der Waals surface area contributed by atoms with E-state index in [0.717, 1.165) is 56.4 Å². The standard InChI is InChI=1S/C13H21N3O2/c1-17-13(6-2-7-13)12-15-11(18-16-12)4-3-10-5-8-14-9-10/h10,14H,2-9H2,1H3. The van der Waals surface area contributed by atoms with Crippen LogP contribution in [0.15, 0.2) is 4.52 Å². The number of rotatable bonds is 5. The van der Waals surface area contributed by atoms with Gasteiger partial charge in [-0.05, 0) is 51.1 Å². The van der Waals surface area contributed by atoms with Crippen LogP contribution >= 0.6 is 0 Å². The number of aromatic nitrogens is 2. The van der Waals surface area contributed by atoms with Gasteiger partial charge in [-0.15, -0.1) is 0 Å². The zero-order valence-electron chi connectivity index (χ0n) is 10.9. The zero-order chi connectivity index (χ0) is 12.4. The van der Waals surface area contributed by atoms with Crippen molar-refractivity contribution in [3.8, 4) is 0 Å². The zero-order valence-corrected chi connectivity index (χ0v) is 10.9. The predicted octanol–water partition coefficient (Wildman–Crippen LogP) is 1.64. The van der Waals surface area contributed by atoms with Gasteiger partial charge in [-0.3, -0.25) is 0 Å². The third kappa shape index (κ3) is 2.17. The molecule has 5 heteroatoms. The number of hydrogen-bond acceptors (Lipinski definition) is 5. The number of methoxy groups -OCH3 is 1. The lowest BCUT2D eigenvalue weighted by Gasteiger charge is -2.37. The van der Waals surface area contributed by atoms with Gasteiger partial charge in [0.25, 0.3) is 0 Å². The molecular weight excluding hydrogens is 230 g/mol. The molecule has 1 aliphatic heterocycles. The maximum atomic E-state index is 5.56. The summed E-state index contributed by atoms with van der Waals surface area (Å²) in [4.78, 5) is 4.51. The molecule has 2 fully saturated rings. The molecule has 18 heavy (non-hydrogen) atoms. The molecule has 2 aliphatic rings. The predicted molar refractivity (Wildman–Crippen MR) is 66.1 cm³/mol. The molecule has 1 N–H and O–H groups in total. The van der Waals surface area contributed by atoms with Gasteiger partial charge in [0.05, 0.1) is 0 Å². The van der Waals surface area contributed by atoms with Crippen molar-refractivity contribution in [3.63, 3.8) is 0 Å². The van der Waals surface area contributed by atoms with Gasteiger partial charge in [0.1, 0.15) is 5.60 Å². The molecule has 1 aromatic rings. The third-order valence-electron chi connectivity index (χ3n) is 4.36. The Balaban J connectivity index is 1.59. The molecule has 0 amide bonds. The molecule has 1 saturated heterocycles. The fraction of sp³-hybridized carbons (Fsp3) is 0.846. The van der Waals surface area contributed by atoms with Crippen molar-refractivity contribution in [2.24, 2.45) is 5.92 Å². The monoisotopic (exact) mass is 251 g/mol. The fourth-order valence-corrected chi connectivity index (χ4v) is 2.85. The number of aryl methyl sites for hydroxylation is 1. The Morgan fingerprint density at radius 1 is 1.50 bits per heavy atom. The maximum absolute atomic E-state index is 5.56. The molecule has 1 unspecified atom stereocenters. The number of hydrogen-bond donors (Lipinski definition) is 1. The van der Waals surface area contributed by atoms with Crippen molar-refractivity contribution in [1.29, 1.82) is 0 Å². The van der Waals surface area contributed by atoms with Gasteiger partial charge < -0.3 is 14.6 Å². The fourth-order valence-electron chi connectivity index (χ4n) is 2.85.